The zero-order valence-corrected chi connectivity index (χ0v) is 10.3. The van der Waals surface area contributed by atoms with Crippen LogP contribution in [-0.4, -0.2) is 11.1 Å². The van der Waals surface area contributed by atoms with Gasteiger partial charge in [-0.05, 0) is 19.1 Å². The van der Waals surface area contributed by atoms with Crippen LogP contribution < -0.4 is 5.32 Å². The van der Waals surface area contributed by atoms with E-state index in [0.717, 1.165) is 0 Å². The first-order chi connectivity index (χ1) is 8.58. The number of carbonyl (C=O) groups is 1. The van der Waals surface area contributed by atoms with Gasteiger partial charge < -0.3 is 9.84 Å². The number of hydrogen-bond donors (Lipinski definition) is 1. The van der Waals surface area contributed by atoms with E-state index in [2.05, 4.69) is 10.5 Å². The van der Waals surface area contributed by atoms with E-state index >= 15 is 0 Å². The summed E-state index contributed by atoms with van der Waals surface area (Å²) in [5.41, 5.74) is 0.396. The molecule has 1 aromatic heterocycles. The van der Waals surface area contributed by atoms with Crippen LogP contribution in [0.2, 0.25) is 5.02 Å². The molecule has 1 N–H and O–H groups in total. The highest BCUT2D eigenvalue weighted by molar-refractivity contribution is 6.33. The highest BCUT2D eigenvalue weighted by atomic mass is 35.5. The molecule has 0 aliphatic heterocycles. The zero-order valence-electron chi connectivity index (χ0n) is 9.54. The number of aromatic nitrogens is 1. The third-order valence-corrected chi connectivity index (χ3v) is 2.61. The molecule has 0 aliphatic rings. The van der Waals surface area contributed by atoms with E-state index in [1.165, 1.54) is 18.2 Å². The largest absolute Gasteiger partial charge is 0.361 e. The van der Waals surface area contributed by atoms with Gasteiger partial charge in [-0.1, -0.05) is 22.8 Å². The Morgan fingerprint density at radius 3 is 2.94 bits per heavy atom. The summed E-state index contributed by atoms with van der Waals surface area (Å²) in [7, 11) is 0. The second kappa shape index (κ2) is 5.18. The molecule has 0 saturated heterocycles. The van der Waals surface area contributed by atoms with Crippen molar-refractivity contribution in [1.29, 1.82) is 0 Å². The first kappa shape index (κ1) is 12.6. The normalized spacial score (nSPS) is 10.4. The van der Waals surface area contributed by atoms with Gasteiger partial charge in [0.15, 0.2) is 0 Å². The van der Waals surface area contributed by atoms with Gasteiger partial charge in [-0.3, -0.25) is 4.79 Å². The summed E-state index contributed by atoms with van der Waals surface area (Å²) >= 11 is 5.78. The number of carbonyl (C=O) groups excluding carboxylic acids is 1. The molecule has 0 bridgehead atoms. The molecule has 0 unspecified atom stereocenters. The average molecular weight is 269 g/mol. The lowest BCUT2D eigenvalue weighted by molar-refractivity contribution is 0.0946. The van der Waals surface area contributed by atoms with Gasteiger partial charge in [-0.15, -0.1) is 0 Å². The summed E-state index contributed by atoms with van der Waals surface area (Å²) < 4.78 is 18.3. The highest BCUT2D eigenvalue weighted by Crippen LogP contribution is 2.18. The molecule has 2 rings (SSSR count). The zero-order chi connectivity index (χ0) is 13.1. The van der Waals surface area contributed by atoms with Crippen molar-refractivity contribution in [2.45, 2.75) is 13.5 Å². The van der Waals surface area contributed by atoms with E-state index < -0.39 is 11.7 Å². The van der Waals surface area contributed by atoms with Crippen molar-refractivity contribution in [2.24, 2.45) is 0 Å². The van der Waals surface area contributed by atoms with Gasteiger partial charge in [0.25, 0.3) is 5.91 Å². The van der Waals surface area contributed by atoms with Gasteiger partial charge in [-0.2, -0.15) is 0 Å². The standard InChI is InChI=1S/C12H10ClFN2O2/c1-7-5-8(16-18-7)6-15-12(17)11-9(13)3-2-4-10(11)14/h2-5H,6H2,1H3,(H,15,17). The molecule has 1 heterocycles. The molecule has 94 valence electrons. The number of rotatable bonds is 3. The fourth-order valence-corrected chi connectivity index (χ4v) is 1.72. The van der Waals surface area contributed by atoms with E-state index in [0.29, 0.717) is 11.5 Å². The minimum absolute atomic E-state index is 0.0730. The van der Waals surface area contributed by atoms with Gasteiger partial charge in [-0.25, -0.2) is 4.39 Å². The van der Waals surface area contributed by atoms with E-state index in [-0.39, 0.29) is 17.1 Å². The SMILES string of the molecule is Cc1cc(CNC(=O)c2c(F)cccc2Cl)no1. The van der Waals surface area contributed by atoms with E-state index in [1.54, 1.807) is 13.0 Å². The molecule has 0 radical (unpaired) electrons. The number of halogens is 2. The van der Waals surface area contributed by atoms with E-state index in [1.807, 2.05) is 0 Å². The number of hydrogen-bond acceptors (Lipinski definition) is 3. The van der Waals surface area contributed by atoms with Crippen LogP contribution in [0.1, 0.15) is 21.8 Å². The Labute approximate surface area is 108 Å². The molecule has 1 amide bonds. The Morgan fingerprint density at radius 2 is 2.33 bits per heavy atom. The van der Waals surface area contributed by atoms with Crippen LogP contribution in [0.25, 0.3) is 0 Å². The summed E-state index contributed by atoms with van der Waals surface area (Å²) in [6.45, 7) is 1.90. The minimum atomic E-state index is -0.656. The lowest BCUT2D eigenvalue weighted by atomic mass is 10.2. The molecular formula is C12H10ClFN2O2. The maximum Gasteiger partial charge on any atom is 0.256 e. The second-order valence-electron chi connectivity index (χ2n) is 3.71. The third kappa shape index (κ3) is 2.68. The van der Waals surface area contributed by atoms with Crippen molar-refractivity contribution in [1.82, 2.24) is 10.5 Å². The predicted octanol–water partition coefficient (Wildman–Crippen LogP) is 2.71. The highest BCUT2D eigenvalue weighted by Gasteiger charge is 2.15. The number of nitrogens with zero attached hydrogens (tertiary/aromatic N) is 1. The smallest absolute Gasteiger partial charge is 0.256 e. The fraction of sp³-hybridized carbons (Fsp3) is 0.167. The Kier molecular flexibility index (Phi) is 3.62. The van der Waals surface area contributed by atoms with Crippen LogP contribution in [0.4, 0.5) is 4.39 Å². The summed E-state index contributed by atoms with van der Waals surface area (Å²) in [5, 5.41) is 6.31. The van der Waals surface area contributed by atoms with Crippen molar-refractivity contribution >= 4 is 17.5 Å². The van der Waals surface area contributed by atoms with Crippen LogP contribution in [0.5, 0.6) is 0 Å². The molecule has 0 spiro atoms. The molecular weight excluding hydrogens is 259 g/mol. The summed E-state index contributed by atoms with van der Waals surface area (Å²) in [6.07, 6.45) is 0. The van der Waals surface area contributed by atoms with Crippen molar-refractivity contribution < 1.29 is 13.7 Å². The van der Waals surface area contributed by atoms with Crippen molar-refractivity contribution in [3.05, 3.63) is 52.1 Å². The molecule has 0 fully saturated rings. The Balaban J connectivity index is 2.08. The van der Waals surface area contributed by atoms with Crippen LogP contribution in [0.15, 0.2) is 28.8 Å². The minimum Gasteiger partial charge on any atom is -0.361 e. The number of nitrogens with one attached hydrogen (secondary N) is 1. The Bertz CT molecular complexity index is 563. The number of benzene rings is 1. The molecule has 6 heteroatoms. The lowest BCUT2D eigenvalue weighted by Crippen LogP contribution is -2.24. The first-order valence-corrected chi connectivity index (χ1v) is 5.60. The first-order valence-electron chi connectivity index (χ1n) is 5.22. The van der Waals surface area contributed by atoms with Crippen LogP contribution in [0.3, 0.4) is 0 Å². The number of amides is 1. The maximum absolute atomic E-state index is 13.5. The molecule has 0 atom stereocenters. The van der Waals surface area contributed by atoms with Gasteiger partial charge >= 0.3 is 0 Å². The van der Waals surface area contributed by atoms with Gasteiger partial charge in [0, 0.05) is 6.07 Å². The molecule has 0 aliphatic carbocycles. The fourth-order valence-electron chi connectivity index (χ4n) is 1.48. The summed E-state index contributed by atoms with van der Waals surface area (Å²) in [4.78, 5) is 11.8. The van der Waals surface area contributed by atoms with Crippen LogP contribution in [0, 0.1) is 12.7 Å². The van der Waals surface area contributed by atoms with Gasteiger partial charge in [0.2, 0.25) is 0 Å². The molecule has 0 saturated carbocycles. The molecule has 4 nitrogen and oxygen atoms in total. The lowest BCUT2D eigenvalue weighted by Gasteiger charge is -2.05. The van der Waals surface area contributed by atoms with Crippen molar-refractivity contribution in [2.75, 3.05) is 0 Å². The predicted molar refractivity (Wildman–Crippen MR) is 63.8 cm³/mol. The topological polar surface area (TPSA) is 55.1 Å². The van der Waals surface area contributed by atoms with Gasteiger partial charge in [0.05, 0.1) is 17.1 Å². The maximum atomic E-state index is 13.5. The van der Waals surface area contributed by atoms with Gasteiger partial charge in [0.1, 0.15) is 17.3 Å². The number of aryl methyl sites for hydroxylation is 1. The molecule has 1 aromatic carbocycles. The quantitative estimate of drug-likeness (QED) is 0.931. The Morgan fingerprint density at radius 1 is 1.56 bits per heavy atom. The summed E-state index contributed by atoms with van der Waals surface area (Å²) in [5.74, 6) is -0.599. The van der Waals surface area contributed by atoms with E-state index in [9.17, 15) is 9.18 Å². The molecule has 18 heavy (non-hydrogen) atoms. The van der Waals surface area contributed by atoms with Crippen molar-refractivity contribution in [3.63, 3.8) is 0 Å². The van der Waals surface area contributed by atoms with Crippen molar-refractivity contribution in [3.8, 4) is 0 Å². The Hall–Kier alpha value is -1.88. The van der Waals surface area contributed by atoms with Crippen LogP contribution in [-0.2, 0) is 6.54 Å². The average Bonchev–Trinajstić information content (AvgIpc) is 2.72. The van der Waals surface area contributed by atoms with Crippen LogP contribution >= 0.6 is 11.6 Å². The monoisotopic (exact) mass is 268 g/mol. The summed E-state index contributed by atoms with van der Waals surface area (Å²) in [6, 6.07) is 5.76. The second-order valence-corrected chi connectivity index (χ2v) is 4.12. The van der Waals surface area contributed by atoms with E-state index in [4.69, 9.17) is 16.1 Å². The third-order valence-electron chi connectivity index (χ3n) is 2.30. The molecule has 2 aromatic rings.